The first kappa shape index (κ1) is 18.5. The van der Waals surface area contributed by atoms with E-state index in [0.29, 0.717) is 28.1 Å². The van der Waals surface area contributed by atoms with Crippen molar-refractivity contribution in [3.63, 3.8) is 0 Å². The van der Waals surface area contributed by atoms with Gasteiger partial charge in [0.15, 0.2) is 0 Å². The molecule has 0 spiro atoms. The third kappa shape index (κ3) is 3.73. The van der Waals surface area contributed by atoms with Crippen molar-refractivity contribution in [2.45, 2.75) is 18.2 Å². The summed E-state index contributed by atoms with van der Waals surface area (Å²) in [6.07, 6.45) is 0. The molecular formula is C18H17N7OS2. The molecule has 4 rings (SSSR count). The molecule has 0 aliphatic rings. The van der Waals surface area contributed by atoms with Gasteiger partial charge in [-0.3, -0.25) is 9.69 Å². The number of amides is 1. The molecule has 0 unspecified atom stereocenters. The van der Waals surface area contributed by atoms with Crippen LogP contribution < -0.4 is 4.90 Å². The summed E-state index contributed by atoms with van der Waals surface area (Å²) in [5.41, 5.74) is 2.13. The number of benzene rings is 1. The van der Waals surface area contributed by atoms with Crippen LogP contribution in [0.1, 0.15) is 24.2 Å². The number of hydrogen-bond donors (Lipinski definition) is 2. The van der Waals surface area contributed by atoms with Gasteiger partial charge in [0.2, 0.25) is 5.82 Å². The normalized spacial score (nSPS) is 11.3. The molecule has 28 heavy (non-hydrogen) atoms. The monoisotopic (exact) mass is 411 g/mol. The number of rotatable bonds is 5. The van der Waals surface area contributed by atoms with Gasteiger partial charge in [0.1, 0.15) is 20.5 Å². The molecular weight excluding hydrogens is 394 g/mol. The lowest BCUT2D eigenvalue weighted by atomic mass is 10.1. The Morgan fingerprint density at radius 1 is 1.18 bits per heavy atom. The van der Waals surface area contributed by atoms with Crippen LogP contribution in [-0.2, 0) is 0 Å². The van der Waals surface area contributed by atoms with Gasteiger partial charge in [0.05, 0.1) is 0 Å². The summed E-state index contributed by atoms with van der Waals surface area (Å²) in [7, 11) is 0. The van der Waals surface area contributed by atoms with E-state index in [0.717, 1.165) is 15.9 Å². The van der Waals surface area contributed by atoms with Gasteiger partial charge in [-0.1, -0.05) is 37.3 Å². The Kier molecular flexibility index (Phi) is 5.05. The van der Waals surface area contributed by atoms with Crippen LogP contribution in [0.3, 0.4) is 0 Å². The topological polar surface area (TPSA) is 101 Å². The van der Waals surface area contributed by atoms with E-state index in [2.05, 4.69) is 57.1 Å². The highest BCUT2D eigenvalue weighted by molar-refractivity contribution is 7.82. The summed E-state index contributed by atoms with van der Waals surface area (Å²) in [6, 6.07) is 10.8. The number of aromatic nitrogens is 6. The zero-order valence-electron chi connectivity index (χ0n) is 15.2. The minimum atomic E-state index is -0.115. The van der Waals surface area contributed by atoms with Crippen molar-refractivity contribution in [2.75, 3.05) is 11.4 Å². The van der Waals surface area contributed by atoms with Crippen molar-refractivity contribution in [2.24, 2.45) is 5.92 Å². The maximum Gasteiger partial charge on any atom is 0.259 e. The van der Waals surface area contributed by atoms with Crippen molar-refractivity contribution >= 4 is 46.0 Å². The maximum absolute atomic E-state index is 13.2. The van der Waals surface area contributed by atoms with Crippen LogP contribution in [0.5, 0.6) is 0 Å². The molecule has 1 amide bonds. The Bertz CT molecular complexity index is 1110. The number of carbonyl (C=O) groups excluding carboxylic acids is 1. The molecule has 0 radical (unpaired) electrons. The number of pyridine rings is 1. The molecule has 10 heteroatoms. The van der Waals surface area contributed by atoms with Crippen LogP contribution in [0, 0.1) is 5.92 Å². The Hall–Kier alpha value is -2.85. The summed E-state index contributed by atoms with van der Waals surface area (Å²) in [5, 5.41) is 13.9. The molecule has 0 atom stereocenters. The van der Waals surface area contributed by atoms with Crippen LogP contribution in [0.2, 0.25) is 0 Å². The number of anilines is 1. The van der Waals surface area contributed by atoms with Gasteiger partial charge < -0.3 is 0 Å². The summed E-state index contributed by atoms with van der Waals surface area (Å²) < 4.78 is 0.651. The number of tetrazole rings is 1. The van der Waals surface area contributed by atoms with E-state index in [9.17, 15) is 4.79 Å². The van der Waals surface area contributed by atoms with Gasteiger partial charge >= 0.3 is 0 Å². The third-order valence-electron chi connectivity index (χ3n) is 4.03. The predicted molar refractivity (Wildman–Crippen MR) is 111 cm³/mol. The van der Waals surface area contributed by atoms with E-state index >= 15 is 0 Å². The molecule has 3 aromatic heterocycles. The summed E-state index contributed by atoms with van der Waals surface area (Å²) >= 11 is 5.68. The highest BCUT2D eigenvalue weighted by atomic mass is 32.2. The van der Waals surface area contributed by atoms with E-state index in [1.165, 1.54) is 11.3 Å². The molecule has 4 aromatic rings. The van der Waals surface area contributed by atoms with E-state index in [1.54, 1.807) is 29.2 Å². The second-order valence-electron chi connectivity index (χ2n) is 6.61. The largest absolute Gasteiger partial charge is 0.292 e. The van der Waals surface area contributed by atoms with Gasteiger partial charge in [0.25, 0.3) is 5.91 Å². The number of H-pyrrole nitrogens is 1. The molecule has 0 saturated carbocycles. The Labute approximate surface area is 170 Å². The van der Waals surface area contributed by atoms with Crippen LogP contribution in [0.25, 0.3) is 21.7 Å². The number of aromatic amines is 1. The number of thiazole rings is 1. The van der Waals surface area contributed by atoms with Crippen molar-refractivity contribution in [3.8, 4) is 11.4 Å². The molecule has 1 N–H and O–H groups in total. The minimum Gasteiger partial charge on any atom is -0.292 e. The van der Waals surface area contributed by atoms with Crippen molar-refractivity contribution in [1.29, 1.82) is 0 Å². The highest BCUT2D eigenvalue weighted by Gasteiger charge is 2.21. The SMILES string of the molecule is CC(C)CN(C(=O)c1ccc(-c2nn[nH]n2)cc1)c1ccc2nc(S)sc2n1. The van der Waals surface area contributed by atoms with E-state index in [4.69, 9.17) is 0 Å². The number of carbonyl (C=O) groups is 1. The lowest BCUT2D eigenvalue weighted by molar-refractivity contribution is 0.0983. The van der Waals surface area contributed by atoms with Gasteiger partial charge in [-0.15, -0.1) is 22.8 Å². The molecule has 8 nitrogen and oxygen atoms in total. The van der Waals surface area contributed by atoms with Crippen LogP contribution in [0.4, 0.5) is 5.82 Å². The Balaban J connectivity index is 1.67. The Morgan fingerprint density at radius 2 is 1.96 bits per heavy atom. The standard InChI is InChI=1S/C18H17N7OS2/c1-10(2)9-25(14-8-7-13-16(20-14)28-18(27)19-13)17(26)12-5-3-11(4-6-12)15-21-23-24-22-15/h3-8,10H,9H2,1-2H3,(H,19,27)(H,21,22,23,24). The first-order valence-electron chi connectivity index (χ1n) is 8.63. The molecule has 0 saturated heterocycles. The second-order valence-corrected chi connectivity index (χ2v) is 8.32. The van der Waals surface area contributed by atoms with Crippen molar-refractivity contribution in [1.82, 2.24) is 30.6 Å². The first-order valence-corrected chi connectivity index (χ1v) is 9.90. The summed E-state index contributed by atoms with van der Waals surface area (Å²) in [4.78, 5) is 24.6. The van der Waals surface area contributed by atoms with E-state index < -0.39 is 0 Å². The van der Waals surface area contributed by atoms with Gasteiger partial charge in [-0.05, 0) is 35.4 Å². The van der Waals surface area contributed by atoms with Gasteiger partial charge in [-0.25, -0.2) is 9.97 Å². The van der Waals surface area contributed by atoms with Crippen LogP contribution >= 0.6 is 24.0 Å². The number of fused-ring (bicyclic) bond motifs is 1. The quantitative estimate of drug-likeness (QED) is 0.488. The van der Waals surface area contributed by atoms with Gasteiger partial charge in [0, 0.05) is 17.7 Å². The van der Waals surface area contributed by atoms with Crippen LogP contribution in [0.15, 0.2) is 40.7 Å². The fraction of sp³-hybridized carbons (Fsp3) is 0.222. The third-order valence-corrected chi connectivity index (χ3v) is 5.18. The van der Waals surface area contributed by atoms with Crippen LogP contribution in [-0.4, -0.2) is 43.0 Å². The molecule has 0 bridgehead atoms. The zero-order chi connectivity index (χ0) is 19.7. The molecule has 0 aliphatic heterocycles. The van der Waals surface area contributed by atoms with E-state index in [-0.39, 0.29) is 11.8 Å². The molecule has 1 aromatic carbocycles. The predicted octanol–water partition coefficient (Wildman–Crippen LogP) is 3.46. The fourth-order valence-corrected chi connectivity index (χ4v) is 3.84. The smallest absolute Gasteiger partial charge is 0.259 e. The average Bonchev–Trinajstić information content (AvgIpc) is 3.34. The van der Waals surface area contributed by atoms with Crippen molar-refractivity contribution < 1.29 is 4.79 Å². The lowest BCUT2D eigenvalue weighted by Gasteiger charge is -2.24. The number of hydrogen-bond acceptors (Lipinski definition) is 8. The fourth-order valence-electron chi connectivity index (χ4n) is 2.79. The zero-order valence-corrected chi connectivity index (χ0v) is 16.9. The maximum atomic E-state index is 13.2. The number of nitrogens with zero attached hydrogens (tertiary/aromatic N) is 6. The first-order chi connectivity index (χ1) is 13.5. The Morgan fingerprint density at radius 3 is 2.64 bits per heavy atom. The number of nitrogens with one attached hydrogen (secondary N) is 1. The summed E-state index contributed by atoms with van der Waals surface area (Å²) in [6.45, 7) is 4.68. The van der Waals surface area contributed by atoms with E-state index in [1.807, 2.05) is 12.1 Å². The van der Waals surface area contributed by atoms with Gasteiger partial charge in [-0.2, -0.15) is 5.21 Å². The van der Waals surface area contributed by atoms with Crippen molar-refractivity contribution in [3.05, 3.63) is 42.0 Å². The summed E-state index contributed by atoms with van der Waals surface area (Å²) in [5.74, 6) is 1.25. The number of thiol groups is 1. The average molecular weight is 412 g/mol. The molecule has 142 valence electrons. The molecule has 0 fully saturated rings. The molecule has 0 aliphatic carbocycles. The lowest BCUT2D eigenvalue weighted by Crippen LogP contribution is -2.34. The highest BCUT2D eigenvalue weighted by Crippen LogP contribution is 2.26. The minimum absolute atomic E-state index is 0.115. The second kappa shape index (κ2) is 7.64. The molecule has 3 heterocycles.